The summed E-state index contributed by atoms with van der Waals surface area (Å²) in [5.74, 6) is -0.930. The van der Waals surface area contributed by atoms with Crippen LogP contribution in [0.15, 0.2) is 22.7 Å². The Bertz CT molecular complexity index is 393. The number of hydrogen-bond donors (Lipinski definition) is 1. The van der Waals surface area contributed by atoms with Crippen molar-refractivity contribution in [3.05, 3.63) is 28.2 Å². The van der Waals surface area contributed by atoms with Gasteiger partial charge in [-0.25, -0.2) is 9.18 Å². The predicted molar refractivity (Wildman–Crippen MR) is 61.4 cm³/mol. The molecule has 1 atom stereocenters. The number of hydrogen-bond acceptors (Lipinski definition) is 2. The van der Waals surface area contributed by atoms with E-state index in [0.717, 1.165) is 0 Å². The predicted octanol–water partition coefficient (Wildman–Crippen LogP) is 3.33. The number of rotatable bonds is 4. The lowest BCUT2D eigenvalue weighted by Gasteiger charge is -2.12. The van der Waals surface area contributed by atoms with Crippen LogP contribution in [0.2, 0.25) is 0 Å². The molecule has 0 aliphatic heterocycles. The molecule has 1 N–H and O–H groups in total. The topological polar surface area (TPSA) is 46.5 Å². The van der Waals surface area contributed by atoms with Crippen LogP contribution in [0.5, 0.6) is 5.75 Å². The lowest BCUT2D eigenvalue weighted by molar-refractivity contribution is -0.143. The van der Waals surface area contributed by atoms with Gasteiger partial charge in [0.1, 0.15) is 5.75 Å². The average Bonchev–Trinajstić information content (AvgIpc) is 2.19. The van der Waals surface area contributed by atoms with Crippen LogP contribution in [0.3, 0.4) is 0 Å². The number of carbonyl (C=O) groups is 1. The first kappa shape index (κ1) is 13.0. The van der Waals surface area contributed by atoms with Crippen molar-refractivity contribution in [3.8, 4) is 5.75 Å². The number of carboxylic acids is 1. The Labute approximate surface area is 101 Å². The fourth-order valence-electron chi connectivity index (χ4n) is 1.17. The molecule has 0 aromatic heterocycles. The lowest BCUT2D eigenvalue weighted by Crippen LogP contribution is -2.08. The molecule has 16 heavy (non-hydrogen) atoms. The third-order valence-corrected chi connectivity index (χ3v) is 2.45. The first-order chi connectivity index (χ1) is 7.41. The molecule has 1 aromatic rings. The molecule has 0 bridgehead atoms. The van der Waals surface area contributed by atoms with Gasteiger partial charge in [-0.05, 0) is 47.5 Å². The van der Waals surface area contributed by atoms with E-state index < -0.39 is 12.1 Å². The maximum Gasteiger partial charge on any atom is 0.343 e. The maximum atomic E-state index is 13.2. The van der Waals surface area contributed by atoms with Crippen molar-refractivity contribution < 1.29 is 19.0 Å². The smallest absolute Gasteiger partial charge is 0.343 e. The van der Waals surface area contributed by atoms with Crippen LogP contribution >= 0.6 is 15.9 Å². The molecule has 0 aliphatic rings. The van der Waals surface area contributed by atoms with E-state index in [1.54, 1.807) is 6.07 Å². The zero-order valence-corrected chi connectivity index (χ0v) is 10.5. The van der Waals surface area contributed by atoms with Crippen LogP contribution in [-0.2, 0) is 4.79 Å². The van der Waals surface area contributed by atoms with E-state index in [4.69, 9.17) is 9.84 Å². The number of aliphatic carboxylic acids is 1. The van der Waals surface area contributed by atoms with Crippen LogP contribution in [0.4, 0.5) is 4.39 Å². The highest BCUT2D eigenvalue weighted by Gasteiger charge is 2.19. The van der Waals surface area contributed by atoms with Gasteiger partial charge in [0, 0.05) is 0 Å². The summed E-state index contributed by atoms with van der Waals surface area (Å²) in [6.07, 6.45) is -2.01. The van der Waals surface area contributed by atoms with Crippen molar-refractivity contribution in [1.29, 1.82) is 0 Å². The van der Waals surface area contributed by atoms with Crippen molar-refractivity contribution in [2.45, 2.75) is 26.1 Å². The van der Waals surface area contributed by atoms with Crippen LogP contribution in [0, 0.1) is 0 Å². The second kappa shape index (κ2) is 5.30. The van der Waals surface area contributed by atoms with Crippen LogP contribution < -0.4 is 4.74 Å². The fraction of sp³-hybridized carbons (Fsp3) is 0.364. The van der Waals surface area contributed by atoms with Crippen molar-refractivity contribution in [2.75, 3.05) is 0 Å². The summed E-state index contributed by atoms with van der Waals surface area (Å²) in [6.45, 7) is 3.74. The van der Waals surface area contributed by atoms with Crippen LogP contribution in [0.25, 0.3) is 0 Å². The van der Waals surface area contributed by atoms with E-state index in [1.807, 2.05) is 13.8 Å². The van der Waals surface area contributed by atoms with Crippen molar-refractivity contribution >= 4 is 21.9 Å². The Balaban J connectivity index is 2.95. The average molecular weight is 291 g/mol. The number of alkyl halides is 1. The number of halogens is 2. The molecule has 0 fully saturated rings. The molecule has 0 aliphatic carbocycles. The molecular weight excluding hydrogens is 279 g/mol. The Morgan fingerprint density at radius 1 is 1.50 bits per heavy atom. The minimum atomic E-state index is -2.01. The number of ether oxygens (including phenoxy) is 1. The standard InChI is InChI=1S/C11H12BrFO3/c1-6(2)16-9-4-3-7(5-8(9)12)10(13)11(14)15/h3-6,10H,1-2H3,(H,14,15). The van der Waals surface area contributed by atoms with Crippen LogP contribution in [-0.4, -0.2) is 17.2 Å². The van der Waals surface area contributed by atoms with Gasteiger partial charge in [-0.15, -0.1) is 0 Å². The van der Waals surface area contributed by atoms with Gasteiger partial charge in [-0.3, -0.25) is 0 Å². The van der Waals surface area contributed by atoms with Crippen molar-refractivity contribution in [1.82, 2.24) is 0 Å². The number of carboxylic acid groups (broad SMARTS) is 1. The Hall–Kier alpha value is -1.10. The second-order valence-corrected chi connectivity index (χ2v) is 4.41. The molecule has 0 spiro atoms. The summed E-state index contributed by atoms with van der Waals surface area (Å²) in [5.41, 5.74) is 0.0930. The summed E-state index contributed by atoms with van der Waals surface area (Å²) in [6, 6.07) is 4.37. The first-order valence-corrected chi connectivity index (χ1v) is 5.54. The van der Waals surface area contributed by atoms with Gasteiger partial charge in [0.2, 0.25) is 6.17 Å². The van der Waals surface area contributed by atoms with E-state index in [-0.39, 0.29) is 11.7 Å². The molecule has 1 unspecified atom stereocenters. The highest BCUT2D eigenvalue weighted by Crippen LogP contribution is 2.30. The molecule has 1 rings (SSSR count). The van der Waals surface area contributed by atoms with Gasteiger partial charge in [-0.1, -0.05) is 6.07 Å². The molecule has 88 valence electrons. The zero-order valence-electron chi connectivity index (χ0n) is 8.91. The highest BCUT2D eigenvalue weighted by atomic mass is 79.9. The summed E-state index contributed by atoms with van der Waals surface area (Å²) >= 11 is 3.21. The Kier molecular flexibility index (Phi) is 4.29. The van der Waals surface area contributed by atoms with Gasteiger partial charge in [0.25, 0.3) is 0 Å². The van der Waals surface area contributed by atoms with Gasteiger partial charge in [0.05, 0.1) is 10.6 Å². The minimum absolute atomic E-state index is 0.00259. The first-order valence-electron chi connectivity index (χ1n) is 4.74. The molecule has 0 saturated heterocycles. The van der Waals surface area contributed by atoms with E-state index >= 15 is 0 Å². The monoisotopic (exact) mass is 290 g/mol. The maximum absolute atomic E-state index is 13.2. The molecule has 3 nitrogen and oxygen atoms in total. The number of benzene rings is 1. The summed E-state index contributed by atoms with van der Waals surface area (Å²) in [7, 11) is 0. The minimum Gasteiger partial charge on any atom is -0.490 e. The van der Waals surface area contributed by atoms with E-state index in [1.165, 1.54) is 12.1 Å². The largest absolute Gasteiger partial charge is 0.490 e. The summed E-state index contributed by atoms with van der Waals surface area (Å²) in [5, 5.41) is 8.52. The zero-order chi connectivity index (χ0) is 12.3. The van der Waals surface area contributed by atoms with Crippen molar-refractivity contribution in [3.63, 3.8) is 0 Å². The molecule has 0 saturated carbocycles. The molecule has 5 heteroatoms. The van der Waals surface area contributed by atoms with E-state index in [9.17, 15) is 9.18 Å². The fourth-order valence-corrected chi connectivity index (χ4v) is 1.66. The van der Waals surface area contributed by atoms with Gasteiger partial charge in [0.15, 0.2) is 0 Å². The third kappa shape index (κ3) is 3.20. The van der Waals surface area contributed by atoms with Gasteiger partial charge in [-0.2, -0.15) is 0 Å². The van der Waals surface area contributed by atoms with Gasteiger partial charge < -0.3 is 9.84 Å². The van der Waals surface area contributed by atoms with Crippen LogP contribution in [0.1, 0.15) is 25.6 Å². The summed E-state index contributed by atoms with van der Waals surface area (Å²) in [4.78, 5) is 10.5. The Morgan fingerprint density at radius 2 is 2.12 bits per heavy atom. The second-order valence-electron chi connectivity index (χ2n) is 3.56. The SMILES string of the molecule is CC(C)Oc1ccc(C(F)C(=O)O)cc1Br. The molecule has 0 heterocycles. The summed E-state index contributed by atoms with van der Waals surface area (Å²) < 4.78 is 19.1. The molecular formula is C11H12BrFO3. The highest BCUT2D eigenvalue weighted by molar-refractivity contribution is 9.10. The molecule has 0 radical (unpaired) electrons. The van der Waals surface area contributed by atoms with E-state index in [2.05, 4.69) is 15.9 Å². The normalized spacial score (nSPS) is 12.6. The quantitative estimate of drug-likeness (QED) is 0.925. The lowest BCUT2D eigenvalue weighted by atomic mass is 10.1. The molecule has 0 amide bonds. The third-order valence-electron chi connectivity index (χ3n) is 1.83. The van der Waals surface area contributed by atoms with Crippen molar-refractivity contribution in [2.24, 2.45) is 0 Å². The van der Waals surface area contributed by atoms with Gasteiger partial charge >= 0.3 is 5.97 Å². The van der Waals surface area contributed by atoms with E-state index in [0.29, 0.717) is 10.2 Å². The Morgan fingerprint density at radius 3 is 2.56 bits per heavy atom. The molecule has 1 aromatic carbocycles.